The number of rotatable bonds is 4. The molecule has 0 aliphatic carbocycles. The molecule has 2 aromatic rings. The van der Waals surface area contributed by atoms with E-state index in [2.05, 4.69) is 20.9 Å². The number of furan rings is 1. The Kier molecular flexibility index (Phi) is 4.44. The molecule has 1 amide bonds. The molecule has 0 fully saturated rings. The van der Waals surface area contributed by atoms with E-state index >= 15 is 0 Å². The van der Waals surface area contributed by atoms with Crippen molar-refractivity contribution in [2.45, 2.75) is 6.54 Å². The second-order valence-electron chi connectivity index (χ2n) is 4.67. The second-order valence-corrected chi connectivity index (χ2v) is 5.45. The molecular formula is C14H16BrN3O2. The van der Waals surface area contributed by atoms with E-state index in [-0.39, 0.29) is 5.91 Å². The Balaban J connectivity index is 2.06. The molecule has 0 unspecified atom stereocenters. The van der Waals surface area contributed by atoms with Gasteiger partial charge in [-0.1, -0.05) is 0 Å². The van der Waals surface area contributed by atoms with Crippen LogP contribution in [0.1, 0.15) is 16.1 Å². The van der Waals surface area contributed by atoms with Crippen molar-refractivity contribution in [2.75, 3.05) is 26.0 Å². The summed E-state index contributed by atoms with van der Waals surface area (Å²) in [6.45, 7) is 0.417. The fraction of sp³-hybridized carbons (Fsp3) is 0.286. The number of anilines is 1. The highest BCUT2D eigenvalue weighted by atomic mass is 79.9. The van der Waals surface area contributed by atoms with Crippen LogP contribution in [0.25, 0.3) is 0 Å². The smallest absolute Gasteiger partial charge is 0.255 e. The number of carbonyl (C=O) groups is 1. The first-order valence-corrected chi connectivity index (χ1v) is 6.89. The molecule has 0 atom stereocenters. The molecule has 0 bridgehead atoms. The van der Waals surface area contributed by atoms with Gasteiger partial charge in [-0.2, -0.15) is 0 Å². The lowest BCUT2D eigenvalue weighted by atomic mass is 10.2. The molecule has 2 rings (SSSR count). The second kappa shape index (κ2) is 6.09. The Morgan fingerprint density at radius 2 is 2.00 bits per heavy atom. The number of pyridine rings is 1. The zero-order chi connectivity index (χ0) is 14.7. The lowest BCUT2D eigenvalue weighted by Crippen LogP contribution is -2.26. The summed E-state index contributed by atoms with van der Waals surface area (Å²) in [5.41, 5.74) is 0.559. The first-order chi connectivity index (χ1) is 9.47. The van der Waals surface area contributed by atoms with Gasteiger partial charge in [-0.25, -0.2) is 4.98 Å². The maximum Gasteiger partial charge on any atom is 0.255 e. The van der Waals surface area contributed by atoms with Crippen LogP contribution < -0.4 is 4.90 Å². The predicted molar refractivity (Wildman–Crippen MR) is 80.8 cm³/mol. The lowest BCUT2D eigenvalue weighted by Gasteiger charge is -2.16. The number of hydrogen-bond donors (Lipinski definition) is 0. The van der Waals surface area contributed by atoms with E-state index in [9.17, 15) is 4.79 Å². The standard InChI is InChI=1S/C14H16BrN3O2/c1-17(2)13-7-4-10(8-16-13)14(19)18(3)9-11-5-6-12(15)20-11/h4-8H,9H2,1-3H3. The normalized spacial score (nSPS) is 10.4. The van der Waals surface area contributed by atoms with E-state index in [0.717, 1.165) is 11.6 Å². The summed E-state index contributed by atoms with van der Waals surface area (Å²) in [6.07, 6.45) is 1.59. The molecular weight excluding hydrogens is 322 g/mol. The van der Waals surface area contributed by atoms with Crippen molar-refractivity contribution in [2.24, 2.45) is 0 Å². The molecule has 0 spiro atoms. The van der Waals surface area contributed by atoms with Crippen LogP contribution >= 0.6 is 15.9 Å². The minimum atomic E-state index is -0.0877. The van der Waals surface area contributed by atoms with Gasteiger partial charge >= 0.3 is 0 Å². The van der Waals surface area contributed by atoms with Crippen LogP contribution in [0.3, 0.4) is 0 Å². The number of aromatic nitrogens is 1. The molecule has 0 aliphatic rings. The fourth-order valence-electron chi connectivity index (χ4n) is 1.74. The first kappa shape index (κ1) is 14.6. The Bertz CT molecular complexity index is 593. The minimum absolute atomic E-state index is 0.0877. The summed E-state index contributed by atoms with van der Waals surface area (Å²) in [4.78, 5) is 20.0. The van der Waals surface area contributed by atoms with E-state index in [0.29, 0.717) is 16.8 Å². The summed E-state index contributed by atoms with van der Waals surface area (Å²) in [5, 5.41) is 0. The van der Waals surface area contributed by atoms with Crippen molar-refractivity contribution in [1.82, 2.24) is 9.88 Å². The summed E-state index contributed by atoms with van der Waals surface area (Å²) in [6, 6.07) is 7.24. The van der Waals surface area contributed by atoms with Crippen LogP contribution in [-0.2, 0) is 6.54 Å². The lowest BCUT2D eigenvalue weighted by molar-refractivity contribution is 0.0774. The predicted octanol–water partition coefficient (Wildman–Crippen LogP) is 2.78. The molecule has 106 valence electrons. The Morgan fingerprint density at radius 3 is 2.50 bits per heavy atom. The summed E-state index contributed by atoms with van der Waals surface area (Å²) in [5.74, 6) is 1.46. The maximum atomic E-state index is 12.3. The molecule has 20 heavy (non-hydrogen) atoms. The number of nitrogens with zero attached hydrogens (tertiary/aromatic N) is 3. The molecule has 5 nitrogen and oxygen atoms in total. The van der Waals surface area contributed by atoms with Crippen LogP contribution in [0.5, 0.6) is 0 Å². The average Bonchev–Trinajstić information content (AvgIpc) is 2.83. The highest BCUT2D eigenvalue weighted by Crippen LogP contribution is 2.16. The monoisotopic (exact) mass is 337 g/mol. The number of carbonyl (C=O) groups excluding carboxylic acids is 1. The van der Waals surface area contributed by atoms with Gasteiger partial charge in [0.1, 0.15) is 11.6 Å². The third-order valence-electron chi connectivity index (χ3n) is 2.82. The van der Waals surface area contributed by atoms with E-state index in [1.807, 2.05) is 31.1 Å². The maximum absolute atomic E-state index is 12.3. The van der Waals surface area contributed by atoms with E-state index in [1.165, 1.54) is 0 Å². The molecule has 0 saturated heterocycles. The number of amides is 1. The molecule has 0 saturated carbocycles. The van der Waals surface area contributed by atoms with Crippen LogP contribution in [-0.4, -0.2) is 36.9 Å². The van der Waals surface area contributed by atoms with Gasteiger partial charge in [0.25, 0.3) is 5.91 Å². The number of hydrogen-bond acceptors (Lipinski definition) is 4. The van der Waals surface area contributed by atoms with Crippen molar-refractivity contribution in [3.63, 3.8) is 0 Å². The van der Waals surface area contributed by atoms with Crippen molar-refractivity contribution in [3.8, 4) is 0 Å². The average molecular weight is 338 g/mol. The van der Waals surface area contributed by atoms with Gasteiger partial charge in [0, 0.05) is 27.3 Å². The van der Waals surface area contributed by atoms with Gasteiger partial charge in [-0.15, -0.1) is 0 Å². The Hall–Kier alpha value is -1.82. The fourth-order valence-corrected chi connectivity index (χ4v) is 2.08. The van der Waals surface area contributed by atoms with Crippen LogP contribution in [0.4, 0.5) is 5.82 Å². The molecule has 0 aromatic carbocycles. The zero-order valence-corrected chi connectivity index (χ0v) is 13.2. The molecule has 2 aromatic heterocycles. The van der Waals surface area contributed by atoms with Crippen LogP contribution in [0, 0.1) is 0 Å². The van der Waals surface area contributed by atoms with E-state index in [4.69, 9.17) is 4.42 Å². The van der Waals surface area contributed by atoms with Gasteiger partial charge in [0.2, 0.25) is 0 Å². The third kappa shape index (κ3) is 3.39. The Labute approximate surface area is 126 Å². The summed E-state index contributed by atoms with van der Waals surface area (Å²) >= 11 is 3.24. The highest BCUT2D eigenvalue weighted by molar-refractivity contribution is 9.10. The topological polar surface area (TPSA) is 49.6 Å². The molecule has 0 aliphatic heterocycles. The van der Waals surface area contributed by atoms with Gasteiger partial charge in [0.15, 0.2) is 4.67 Å². The van der Waals surface area contributed by atoms with Gasteiger partial charge in [-0.3, -0.25) is 4.79 Å². The Morgan fingerprint density at radius 1 is 1.25 bits per heavy atom. The van der Waals surface area contributed by atoms with Crippen molar-refractivity contribution in [1.29, 1.82) is 0 Å². The SMILES string of the molecule is CN(Cc1ccc(Br)o1)C(=O)c1ccc(N(C)C)nc1. The molecule has 0 N–H and O–H groups in total. The van der Waals surface area contributed by atoms with Crippen molar-refractivity contribution < 1.29 is 9.21 Å². The third-order valence-corrected chi connectivity index (χ3v) is 3.25. The van der Waals surface area contributed by atoms with Gasteiger partial charge < -0.3 is 14.2 Å². The largest absolute Gasteiger partial charge is 0.452 e. The van der Waals surface area contributed by atoms with Crippen LogP contribution in [0.15, 0.2) is 39.5 Å². The van der Waals surface area contributed by atoms with E-state index in [1.54, 1.807) is 30.3 Å². The molecule has 6 heteroatoms. The minimum Gasteiger partial charge on any atom is -0.452 e. The zero-order valence-electron chi connectivity index (χ0n) is 11.6. The summed E-state index contributed by atoms with van der Waals surface area (Å²) < 4.78 is 6.05. The first-order valence-electron chi connectivity index (χ1n) is 6.10. The molecule has 0 radical (unpaired) electrons. The number of halogens is 1. The van der Waals surface area contributed by atoms with Gasteiger partial charge in [-0.05, 0) is 40.2 Å². The van der Waals surface area contributed by atoms with Crippen molar-refractivity contribution >= 4 is 27.7 Å². The van der Waals surface area contributed by atoms with Crippen LogP contribution in [0.2, 0.25) is 0 Å². The summed E-state index contributed by atoms with van der Waals surface area (Å²) in [7, 11) is 5.55. The molecule has 2 heterocycles. The van der Waals surface area contributed by atoms with E-state index < -0.39 is 0 Å². The van der Waals surface area contributed by atoms with Gasteiger partial charge in [0.05, 0.1) is 12.1 Å². The highest BCUT2D eigenvalue weighted by Gasteiger charge is 2.14. The quantitative estimate of drug-likeness (QED) is 0.860. The van der Waals surface area contributed by atoms with Crippen molar-refractivity contribution in [3.05, 3.63) is 46.5 Å².